The smallest absolute Gasteiger partial charge is 0.334 e. The predicted molar refractivity (Wildman–Crippen MR) is 133 cm³/mol. The Bertz CT molecular complexity index is 725. The first kappa shape index (κ1) is 26.4. The topological polar surface area (TPSA) is 65.0 Å². The number of fused-ring (bicyclic) bond motifs is 5. The molecule has 4 aliphatic carbocycles. The number of methoxy groups -OCH3 is 2. The van der Waals surface area contributed by atoms with E-state index >= 15 is 0 Å². The van der Waals surface area contributed by atoms with Gasteiger partial charge in [-0.1, -0.05) is 47.5 Å². The molecule has 0 aromatic rings. The van der Waals surface area contributed by atoms with Crippen LogP contribution in [-0.4, -0.2) is 44.3 Å². The van der Waals surface area contributed by atoms with Gasteiger partial charge in [-0.3, -0.25) is 0 Å². The van der Waals surface area contributed by atoms with Gasteiger partial charge in [0.15, 0.2) is 6.10 Å². The van der Waals surface area contributed by atoms with Gasteiger partial charge in [0.2, 0.25) is 0 Å². The molecule has 0 aromatic heterocycles. The van der Waals surface area contributed by atoms with E-state index in [0.717, 1.165) is 24.7 Å². The fourth-order valence-electron chi connectivity index (χ4n) is 9.98. The number of carbonyl (C=O) groups excluding carboxylic acids is 1. The Labute approximate surface area is 207 Å². The lowest BCUT2D eigenvalue weighted by atomic mass is 9.41. The quantitative estimate of drug-likeness (QED) is 0.376. The Morgan fingerprint density at radius 2 is 1.71 bits per heavy atom. The van der Waals surface area contributed by atoms with Crippen molar-refractivity contribution in [3.8, 4) is 0 Å². The minimum atomic E-state index is -1.04. The lowest BCUT2D eigenvalue weighted by Gasteiger charge is -2.65. The van der Waals surface area contributed by atoms with Crippen molar-refractivity contribution >= 4 is 5.97 Å². The number of rotatable bonds is 7. The molecule has 5 nitrogen and oxygen atoms in total. The van der Waals surface area contributed by atoms with Crippen molar-refractivity contribution in [3.63, 3.8) is 0 Å². The van der Waals surface area contributed by atoms with Gasteiger partial charge in [-0.15, -0.1) is 0 Å². The van der Waals surface area contributed by atoms with Crippen LogP contribution >= 0.6 is 0 Å². The summed E-state index contributed by atoms with van der Waals surface area (Å²) in [6.45, 7) is 12.3. The Morgan fingerprint density at radius 1 is 1.03 bits per heavy atom. The highest BCUT2D eigenvalue weighted by atomic mass is 16.7. The largest absolute Gasteiger partial charge is 0.467 e. The maximum atomic E-state index is 12.2. The molecular weight excluding hydrogens is 428 g/mol. The van der Waals surface area contributed by atoms with Gasteiger partial charge in [0, 0.05) is 7.11 Å². The molecule has 4 rings (SSSR count). The third-order valence-corrected chi connectivity index (χ3v) is 11.7. The van der Waals surface area contributed by atoms with Crippen molar-refractivity contribution in [2.24, 2.45) is 58.2 Å². The number of carbonyl (C=O) groups is 1. The Balaban J connectivity index is 1.69. The van der Waals surface area contributed by atoms with Crippen LogP contribution in [0.5, 0.6) is 0 Å². The van der Waals surface area contributed by atoms with E-state index in [4.69, 9.17) is 14.2 Å². The summed E-state index contributed by atoms with van der Waals surface area (Å²) in [5.41, 5.74) is 0.509. The number of aliphatic hydroxyl groups is 1. The van der Waals surface area contributed by atoms with Crippen LogP contribution in [-0.2, 0) is 19.0 Å². The van der Waals surface area contributed by atoms with Crippen LogP contribution in [0.15, 0.2) is 0 Å². The summed E-state index contributed by atoms with van der Waals surface area (Å²) in [5, 5.41) is 10.7. The van der Waals surface area contributed by atoms with Crippen LogP contribution in [0, 0.1) is 58.2 Å². The first-order valence-corrected chi connectivity index (χ1v) is 14.0. The second-order valence-corrected chi connectivity index (χ2v) is 12.9. The molecule has 12 atom stereocenters. The van der Waals surface area contributed by atoms with Crippen LogP contribution in [0.4, 0.5) is 0 Å². The monoisotopic (exact) mass is 478 g/mol. The number of hydrogen-bond acceptors (Lipinski definition) is 5. The number of esters is 1. The van der Waals surface area contributed by atoms with E-state index in [2.05, 4.69) is 34.6 Å². The van der Waals surface area contributed by atoms with Crippen molar-refractivity contribution in [2.45, 2.75) is 98.2 Å². The molecule has 0 radical (unpaired) electrons. The molecule has 0 aromatic carbocycles. The lowest BCUT2D eigenvalue weighted by molar-refractivity contribution is -0.232. The summed E-state index contributed by atoms with van der Waals surface area (Å²) in [6.07, 6.45) is 9.05. The Morgan fingerprint density at radius 3 is 2.35 bits per heavy atom. The zero-order valence-corrected chi connectivity index (χ0v) is 22.7. The third kappa shape index (κ3) is 4.06. The first-order valence-electron chi connectivity index (χ1n) is 14.0. The van der Waals surface area contributed by atoms with E-state index in [1.54, 1.807) is 7.11 Å². The first-order chi connectivity index (χ1) is 16.1. The standard InChI is InChI=1S/C29H50O5/c1-8-19-23-15-17(2)11-13-29(23,5)22-12-14-28(4)20(18(3)25(30)27(31)33-7)9-10-21(28)24(22)26(19)34-16-32-6/h17-26,30H,8-16H2,1-7H3/t17-,18+,19-,20-,21?,22?,23+,24?,25?,26-,28-,29-/m1/s1. The molecule has 4 aliphatic rings. The minimum absolute atomic E-state index is 0.0956. The molecule has 0 amide bonds. The highest BCUT2D eigenvalue weighted by molar-refractivity contribution is 5.74. The molecule has 0 aliphatic heterocycles. The second-order valence-electron chi connectivity index (χ2n) is 12.9. The van der Waals surface area contributed by atoms with Crippen molar-refractivity contribution in [2.75, 3.05) is 21.0 Å². The highest BCUT2D eigenvalue weighted by Crippen LogP contribution is 2.70. The summed E-state index contributed by atoms with van der Waals surface area (Å²) in [7, 11) is 3.11. The van der Waals surface area contributed by atoms with Gasteiger partial charge in [0.25, 0.3) is 0 Å². The molecule has 0 bridgehead atoms. The van der Waals surface area contributed by atoms with Crippen molar-refractivity contribution < 1.29 is 24.1 Å². The fraction of sp³-hybridized carbons (Fsp3) is 0.966. The van der Waals surface area contributed by atoms with Crippen LogP contribution in [0.2, 0.25) is 0 Å². The normalized spacial score (nSPS) is 47.8. The van der Waals surface area contributed by atoms with Crippen LogP contribution in [0.1, 0.15) is 86.0 Å². The summed E-state index contributed by atoms with van der Waals surface area (Å²) >= 11 is 0. The van der Waals surface area contributed by atoms with E-state index in [1.807, 2.05) is 0 Å². The van der Waals surface area contributed by atoms with Gasteiger partial charge in [0.1, 0.15) is 6.79 Å². The van der Waals surface area contributed by atoms with Gasteiger partial charge in [0.05, 0.1) is 13.2 Å². The average molecular weight is 479 g/mol. The number of aliphatic hydroxyl groups excluding tert-OH is 1. The predicted octanol–water partition coefficient (Wildman–Crippen LogP) is 5.69. The van der Waals surface area contributed by atoms with E-state index in [-0.39, 0.29) is 17.4 Å². The molecule has 0 spiro atoms. The fourth-order valence-corrected chi connectivity index (χ4v) is 9.98. The summed E-state index contributed by atoms with van der Waals surface area (Å²) < 4.78 is 17.0. The Hall–Kier alpha value is -0.650. The van der Waals surface area contributed by atoms with E-state index in [0.29, 0.717) is 41.8 Å². The van der Waals surface area contributed by atoms with Gasteiger partial charge in [-0.25, -0.2) is 4.79 Å². The lowest BCUT2D eigenvalue weighted by Crippen LogP contribution is -2.62. The van der Waals surface area contributed by atoms with Gasteiger partial charge in [-0.2, -0.15) is 0 Å². The van der Waals surface area contributed by atoms with Crippen LogP contribution in [0.25, 0.3) is 0 Å². The second kappa shape index (κ2) is 10.0. The molecule has 1 N–H and O–H groups in total. The molecule has 0 saturated heterocycles. The Kier molecular flexibility index (Phi) is 7.78. The maximum Gasteiger partial charge on any atom is 0.334 e. The van der Waals surface area contributed by atoms with Crippen LogP contribution in [0.3, 0.4) is 0 Å². The van der Waals surface area contributed by atoms with Gasteiger partial charge in [-0.05, 0) is 96.7 Å². The zero-order valence-electron chi connectivity index (χ0n) is 22.7. The van der Waals surface area contributed by atoms with E-state index in [9.17, 15) is 9.90 Å². The molecule has 4 saturated carbocycles. The van der Waals surface area contributed by atoms with Gasteiger partial charge >= 0.3 is 5.97 Å². The molecular formula is C29H50O5. The summed E-state index contributed by atoms with van der Waals surface area (Å²) in [6, 6.07) is 0. The summed E-state index contributed by atoms with van der Waals surface area (Å²) in [5.74, 6) is 3.62. The molecule has 4 fully saturated rings. The SMILES string of the molecule is CC[C@H]1[C@@H](OCOC)C2C3CC[C@H]([C@H](C)C(O)C(=O)OC)[C@@]3(C)CCC2[C@@]2(C)CC[C@@H](C)C[C@@H]12. The van der Waals surface area contributed by atoms with Crippen LogP contribution < -0.4 is 0 Å². The molecule has 4 unspecified atom stereocenters. The maximum absolute atomic E-state index is 12.2. The minimum Gasteiger partial charge on any atom is -0.467 e. The zero-order chi connectivity index (χ0) is 24.8. The molecule has 5 heteroatoms. The van der Waals surface area contributed by atoms with Crippen molar-refractivity contribution in [3.05, 3.63) is 0 Å². The highest BCUT2D eigenvalue weighted by Gasteiger charge is 2.65. The van der Waals surface area contributed by atoms with E-state index < -0.39 is 12.1 Å². The number of hydrogen-bond donors (Lipinski definition) is 1. The van der Waals surface area contributed by atoms with Crippen molar-refractivity contribution in [1.82, 2.24) is 0 Å². The third-order valence-electron chi connectivity index (χ3n) is 11.7. The van der Waals surface area contributed by atoms with Crippen molar-refractivity contribution in [1.29, 1.82) is 0 Å². The van der Waals surface area contributed by atoms with E-state index in [1.165, 1.54) is 45.6 Å². The molecule has 0 heterocycles. The summed E-state index contributed by atoms with van der Waals surface area (Å²) in [4.78, 5) is 12.2. The van der Waals surface area contributed by atoms with Gasteiger partial charge < -0.3 is 19.3 Å². The average Bonchev–Trinajstić information content (AvgIpc) is 3.18. The molecule has 34 heavy (non-hydrogen) atoms. The number of ether oxygens (including phenoxy) is 3. The molecule has 196 valence electrons.